The van der Waals surface area contributed by atoms with Crippen molar-refractivity contribution in [1.29, 1.82) is 0 Å². The normalized spacial score (nSPS) is 28.9. The van der Waals surface area contributed by atoms with Gasteiger partial charge in [0.05, 0.1) is 0 Å². The van der Waals surface area contributed by atoms with Gasteiger partial charge in [0.25, 0.3) is 0 Å². The van der Waals surface area contributed by atoms with Crippen LogP contribution in [0.1, 0.15) is 17.0 Å². The highest BCUT2D eigenvalue weighted by atomic mass is 16.3. The zero-order chi connectivity index (χ0) is 9.71. The lowest BCUT2D eigenvalue weighted by molar-refractivity contribution is 0.399. The van der Waals surface area contributed by atoms with Crippen molar-refractivity contribution >= 4 is 0 Å². The number of benzene rings is 1. The van der Waals surface area contributed by atoms with Crippen molar-refractivity contribution < 1.29 is 10.2 Å². The molecule has 0 saturated carbocycles. The Morgan fingerprint density at radius 2 is 2.07 bits per heavy atom. The van der Waals surface area contributed by atoms with Crippen molar-refractivity contribution in [2.24, 2.45) is 5.92 Å². The van der Waals surface area contributed by atoms with E-state index in [9.17, 15) is 10.2 Å². The maximum atomic E-state index is 9.70. The fourth-order valence-electron chi connectivity index (χ4n) is 2.78. The Morgan fingerprint density at radius 3 is 2.93 bits per heavy atom. The van der Waals surface area contributed by atoms with Crippen molar-refractivity contribution in [3.05, 3.63) is 23.3 Å². The Balaban J connectivity index is 2.13. The van der Waals surface area contributed by atoms with Crippen LogP contribution in [-0.4, -0.2) is 23.3 Å². The first-order chi connectivity index (χ1) is 6.77. The van der Waals surface area contributed by atoms with Crippen LogP contribution < -0.4 is 5.32 Å². The molecule has 14 heavy (non-hydrogen) atoms. The third-order valence-electron chi connectivity index (χ3n) is 3.50. The summed E-state index contributed by atoms with van der Waals surface area (Å²) in [6.45, 7) is 2.03. The summed E-state index contributed by atoms with van der Waals surface area (Å²) in [5.74, 6) is 1.25. The summed E-state index contributed by atoms with van der Waals surface area (Å²) in [5.41, 5.74) is 2.18. The maximum Gasteiger partial charge on any atom is 0.160 e. The lowest BCUT2D eigenvalue weighted by atomic mass is 9.97. The quantitative estimate of drug-likeness (QED) is 0.535. The first-order valence-corrected chi connectivity index (χ1v) is 5.02. The first kappa shape index (κ1) is 8.12. The number of fused-ring (bicyclic) bond motifs is 3. The highest BCUT2D eigenvalue weighted by Gasteiger charge is 2.37. The molecular formula is C11H13NO2. The molecule has 2 atom stereocenters. The molecule has 0 bridgehead atoms. The molecule has 3 rings (SSSR count). The van der Waals surface area contributed by atoms with Crippen molar-refractivity contribution in [2.45, 2.75) is 12.3 Å². The van der Waals surface area contributed by atoms with E-state index in [1.54, 1.807) is 6.07 Å². The summed E-state index contributed by atoms with van der Waals surface area (Å²) in [6, 6.07) is 3.54. The van der Waals surface area contributed by atoms with Crippen LogP contribution in [0, 0.1) is 5.92 Å². The van der Waals surface area contributed by atoms with Gasteiger partial charge in [-0.2, -0.15) is 0 Å². The van der Waals surface area contributed by atoms with Gasteiger partial charge in [0.2, 0.25) is 0 Å². The highest BCUT2D eigenvalue weighted by Crippen LogP contribution is 2.46. The second kappa shape index (κ2) is 2.64. The SMILES string of the molecule is Oc1ccc2c(c1O)CC1CNCC21. The summed E-state index contributed by atoms with van der Waals surface area (Å²) in [7, 11) is 0. The molecule has 1 saturated heterocycles. The van der Waals surface area contributed by atoms with Crippen molar-refractivity contribution in [2.75, 3.05) is 13.1 Å². The molecule has 1 fully saturated rings. The van der Waals surface area contributed by atoms with E-state index in [1.807, 2.05) is 6.07 Å². The van der Waals surface area contributed by atoms with Crippen LogP contribution >= 0.6 is 0 Å². The van der Waals surface area contributed by atoms with Gasteiger partial charge in [-0.3, -0.25) is 0 Å². The highest BCUT2D eigenvalue weighted by molar-refractivity contribution is 5.53. The molecule has 74 valence electrons. The number of nitrogens with one attached hydrogen (secondary N) is 1. The number of hydrogen-bond acceptors (Lipinski definition) is 3. The van der Waals surface area contributed by atoms with Crippen LogP contribution in [0.15, 0.2) is 12.1 Å². The molecule has 1 aliphatic heterocycles. The molecular weight excluding hydrogens is 178 g/mol. The van der Waals surface area contributed by atoms with Gasteiger partial charge < -0.3 is 15.5 Å². The maximum absolute atomic E-state index is 9.70. The van der Waals surface area contributed by atoms with Gasteiger partial charge in [0, 0.05) is 18.0 Å². The van der Waals surface area contributed by atoms with Crippen LogP contribution in [0.3, 0.4) is 0 Å². The first-order valence-electron chi connectivity index (χ1n) is 5.02. The third kappa shape index (κ3) is 0.904. The van der Waals surface area contributed by atoms with E-state index in [1.165, 1.54) is 5.56 Å². The van der Waals surface area contributed by atoms with E-state index in [-0.39, 0.29) is 11.5 Å². The van der Waals surface area contributed by atoms with Crippen molar-refractivity contribution in [1.82, 2.24) is 5.32 Å². The summed E-state index contributed by atoms with van der Waals surface area (Å²) in [5, 5.41) is 22.4. The van der Waals surface area contributed by atoms with E-state index >= 15 is 0 Å². The largest absolute Gasteiger partial charge is 0.504 e. The molecule has 3 nitrogen and oxygen atoms in total. The van der Waals surface area contributed by atoms with E-state index in [0.717, 1.165) is 25.1 Å². The topological polar surface area (TPSA) is 52.5 Å². The van der Waals surface area contributed by atoms with Gasteiger partial charge in [-0.25, -0.2) is 0 Å². The minimum atomic E-state index is 0.0108. The van der Waals surface area contributed by atoms with Gasteiger partial charge in [0.15, 0.2) is 11.5 Å². The van der Waals surface area contributed by atoms with E-state index in [4.69, 9.17) is 0 Å². The summed E-state index contributed by atoms with van der Waals surface area (Å²) in [4.78, 5) is 0. The molecule has 3 N–H and O–H groups in total. The average Bonchev–Trinajstić information content (AvgIpc) is 2.71. The molecule has 2 aliphatic rings. The zero-order valence-corrected chi connectivity index (χ0v) is 7.83. The van der Waals surface area contributed by atoms with Gasteiger partial charge in [-0.15, -0.1) is 0 Å². The second-order valence-corrected chi connectivity index (χ2v) is 4.23. The third-order valence-corrected chi connectivity index (χ3v) is 3.50. The predicted molar refractivity (Wildman–Crippen MR) is 52.6 cm³/mol. The smallest absolute Gasteiger partial charge is 0.160 e. The molecule has 1 heterocycles. The van der Waals surface area contributed by atoms with Crippen LogP contribution in [0.4, 0.5) is 0 Å². The van der Waals surface area contributed by atoms with Crippen LogP contribution in [0.25, 0.3) is 0 Å². The molecule has 0 radical (unpaired) electrons. The standard InChI is InChI=1S/C11H13NO2/c13-10-2-1-7-8(11(10)14)3-6-4-12-5-9(6)7/h1-2,6,9,12-14H,3-5H2. The van der Waals surface area contributed by atoms with Gasteiger partial charge in [-0.1, -0.05) is 6.07 Å². The molecule has 0 spiro atoms. The predicted octanol–water partition coefficient (Wildman–Crippen LogP) is 0.957. The number of phenolic OH excluding ortho intramolecular Hbond substituents is 2. The Kier molecular flexibility index (Phi) is 1.53. The fraction of sp³-hybridized carbons (Fsp3) is 0.455. The van der Waals surface area contributed by atoms with Crippen LogP contribution in [0.2, 0.25) is 0 Å². The lowest BCUT2D eigenvalue weighted by Crippen LogP contribution is -2.10. The Bertz CT molecular complexity index is 389. The van der Waals surface area contributed by atoms with Gasteiger partial charge >= 0.3 is 0 Å². The number of aromatic hydroxyl groups is 2. The Labute approximate surface area is 82.4 Å². The Hall–Kier alpha value is -1.22. The minimum Gasteiger partial charge on any atom is -0.504 e. The van der Waals surface area contributed by atoms with E-state index in [0.29, 0.717) is 11.8 Å². The van der Waals surface area contributed by atoms with E-state index in [2.05, 4.69) is 5.32 Å². The fourth-order valence-corrected chi connectivity index (χ4v) is 2.78. The van der Waals surface area contributed by atoms with Crippen LogP contribution in [0.5, 0.6) is 11.5 Å². The molecule has 2 unspecified atom stereocenters. The molecule has 1 aliphatic carbocycles. The molecule has 1 aromatic carbocycles. The minimum absolute atomic E-state index is 0.0108. The summed E-state index contributed by atoms with van der Waals surface area (Å²) < 4.78 is 0. The number of phenols is 2. The molecule has 3 heteroatoms. The second-order valence-electron chi connectivity index (χ2n) is 4.23. The monoisotopic (exact) mass is 191 g/mol. The van der Waals surface area contributed by atoms with Gasteiger partial charge in [0.1, 0.15) is 0 Å². The number of rotatable bonds is 0. The van der Waals surface area contributed by atoms with E-state index < -0.39 is 0 Å². The van der Waals surface area contributed by atoms with Gasteiger partial charge in [-0.05, 0) is 30.5 Å². The molecule has 0 amide bonds. The average molecular weight is 191 g/mol. The van der Waals surface area contributed by atoms with Crippen molar-refractivity contribution in [3.63, 3.8) is 0 Å². The number of hydrogen-bond donors (Lipinski definition) is 3. The summed E-state index contributed by atoms with van der Waals surface area (Å²) >= 11 is 0. The van der Waals surface area contributed by atoms with Crippen LogP contribution in [-0.2, 0) is 6.42 Å². The van der Waals surface area contributed by atoms with Crippen molar-refractivity contribution in [3.8, 4) is 11.5 Å². The lowest BCUT2D eigenvalue weighted by Gasteiger charge is -2.08. The summed E-state index contributed by atoms with van der Waals surface area (Å²) in [6.07, 6.45) is 0.896. The Morgan fingerprint density at radius 1 is 1.21 bits per heavy atom. The zero-order valence-electron chi connectivity index (χ0n) is 7.83. The molecule has 0 aromatic heterocycles. The molecule has 1 aromatic rings.